The number of aliphatic imine (C=N–C) groups is 1. The molecule has 0 fully saturated rings. The molecular weight excluding hydrogens is 340 g/mol. The van der Waals surface area contributed by atoms with E-state index in [1.165, 1.54) is 11.9 Å². The van der Waals surface area contributed by atoms with E-state index in [0.29, 0.717) is 6.54 Å². The Balaban J connectivity index is 1.44. The number of nitrogens with one attached hydrogen (secondary N) is 2. The predicted octanol–water partition coefficient (Wildman–Crippen LogP) is 2.18. The number of ether oxygens (including phenoxy) is 1. The van der Waals surface area contributed by atoms with Gasteiger partial charge in [0, 0.05) is 20.1 Å². The fraction of sp³-hybridized carbons (Fsp3) is 0.250. The lowest BCUT2D eigenvalue weighted by Crippen LogP contribution is -2.37. The van der Waals surface area contributed by atoms with Crippen LogP contribution < -0.4 is 15.4 Å². The van der Waals surface area contributed by atoms with Gasteiger partial charge in [0.15, 0.2) is 5.96 Å². The van der Waals surface area contributed by atoms with Crippen LogP contribution in [0.3, 0.4) is 0 Å². The molecule has 2 aromatic carbocycles. The van der Waals surface area contributed by atoms with Crippen molar-refractivity contribution >= 4 is 5.96 Å². The molecule has 2 N–H and O–H groups in total. The van der Waals surface area contributed by atoms with Crippen molar-refractivity contribution in [1.82, 2.24) is 25.4 Å². The van der Waals surface area contributed by atoms with Crippen LogP contribution in [-0.4, -0.2) is 41.4 Å². The summed E-state index contributed by atoms with van der Waals surface area (Å²) < 4.78 is 6.91. The molecule has 3 rings (SSSR count). The Bertz CT molecular complexity index is 841. The average molecular weight is 364 g/mol. The molecule has 0 bridgehead atoms. The van der Waals surface area contributed by atoms with Crippen molar-refractivity contribution in [3.05, 3.63) is 72.3 Å². The summed E-state index contributed by atoms with van der Waals surface area (Å²) in [5.41, 5.74) is 3.40. The zero-order valence-electron chi connectivity index (χ0n) is 15.6. The van der Waals surface area contributed by atoms with Gasteiger partial charge in [-0.3, -0.25) is 4.99 Å². The molecule has 0 spiro atoms. The Labute approximate surface area is 159 Å². The molecule has 0 amide bonds. The quantitative estimate of drug-likeness (QED) is 0.496. The summed E-state index contributed by atoms with van der Waals surface area (Å²) in [6, 6.07) is 16.3. The number of methoxy groups -OCH3 is 1. The van der Waals surface area contributed by atoms with E-state index >= 15 is 0 Å². The summed E-state index contributed by atoms with van der Waals surface area (Å²) in [6.07, 6.45) is 4.12. The standard InChI is InChI=1S/C20H24N6O/c1-21-20(23-12-11-16-5-9-19(27-2)10-6-16)24-13-17-3-7-18(8-4-17)26-15-22-14-25-26/h3-10,14-15H,11-13H2,1-2H3,(H2,21,23,24). The molecule has 0 aliphatic rings. The van der Waals surface area contributed by atoms with Gasteiger partial charge >= 0.3 is 0 Å². The number of rotatable bonds is 7. The molecule has 0 atom stereocenters. The summed E-state index contributed by atoms with van der Waals surface area (Å²) in [6.45, 7) is 1.50. The first-order chi connectivity index (χ1) is 13.3. The van der Waals surface area contributed by atoms with E-state index in [1.807, 2.05) is 24.3 Å². The first kappa shape index (κ1) is 18.4. The highest BCUT2D eigenvalue weighted by atomic mass is 16.5. The van der Waals surface area contributed by atoms with Gasteiger partial charge in [0.05, 0.1) is 12.8 Å². The molecule has 3 aromatic rings. The van der Waals surface area contributed by atoms with Gasteiger partial charge in [-0.1, -0.05) is 24.3 Å². The minimum Gasteiger partial charge on any atom is -0.497 e. The fourth-order valence-corrected chi connectivity index (χ4v) is 2.63. The van der Waals surface area contributed by atoms with Gasteiger partial charge in [0.2, 0.25) is 0 Å². The highest BCUT2D eigenvalue weighted by Gasteiger charge is 2.01. The number of aromatic nitrogens is 3. The molecule has 1 heterocycles. The van der Waals surface area contributed by atoms with Crippen LogP contribution in [0.15, 0.2) is 66.2 Å². The van der Waals surface area contributed by atoms with E-state index in [1.54, 1.807) is 25.2 Å². The fourth-order valence-electron chi connectivity index (χ4n) is 2.63. The maximum atomic E-state index is 5.18. The molecule has 0 aliphatic heterocycles. The van der Waals surface area contributed by atoms with Gasteiger partial charge in [0.1, 0.15) is 18.4 Å². The molecule has 0 unspecified atom stereocenters. The Hall–Kier alpha value is -3.35. The highest BCUT2D eigenvalue weighted by Crippen LogP contribution is 2.11. The van der Waals surface area contributed by atoms with Crippen LogP contribution in [-0.2, 0) is 13.0 Å². The van der Waals surface area contributed by atoms with Gasteiger partial charge < -0.3 is 15.4 Å². The maximum absolute atomic E-state index is 5.18. The lowest BCUT2D eigenvalue weighted by Gasteiger charge is -2.12. The SMILES string of the molecule is CN=C(NCCc1ccc(OC)cc1)NCc1ccc(-n2cncn2)cc1. The number of benzene rings is 2. The van der Waals surface area contributed by atoms with E-state index in [4.69, 9.17) is 4.74 Å². The van der Waals surface area contributed by atoms with Crippen molar-refractivity contribution in [2.45, 2.75) is 13.0 Å². The van der Waals surface area contributed by atoms with Crippen molar-refractivity contribution in [3.8, 4) is 11.4 Å². The Kier molecular flexibility index (Phi) is 6.40. The number of guanidine groups is 1. The number of hydrogen-bond acceptors (Lipinski definition) is 4. The third-order valence-electron chi connectivity index (χ3n) is 4.17. The Morgan fingerprint density at radius 1 is 1.04 bits per heavy atom. The van der Waals surface area contributed by atoms with Crippen LogP contribution in [0.5, 0.6) is 5.75 Å². The van der Waals surface area contributed by atoms with Gasteiger partial charge in [-0.05, 0) is 41.8 Å². The largest absolute Gasteiger partial charge is 0.497 e. The molecule has 27 heavy (non-hydrogen) atoms. The molecule has 140 valence electrons. The summed E-state index contributed by atoms with van der Waals surface area (Å²) in [7, 11) is 3.45. The van der Waals surface area contributed by atoms with Gasteiger partial charge in [-0.25, -0.2) is 9.67 Å². The summed E-state index contributed by atoms with van der Waals surface area (Å²) in [4.78, 5) is 8.23. The van der Waals surface area contributed by atoms with Crippen molar-refractivity contribution in [2.24, 2.45) is 4.99 Å². The lowest BCUT2D eigenvalue weighted by molar-refractivity contribution is 0.414. The monoisotopic (exact) mass is 364 g/mol. The third-order valence-corrected chi connectivity index (χ3v) is 4.17. The molecule has 7 nitrogen and oxygen atoms in total. The molecule has 0 saturated heterocycles. The first-order valence-electron chi connectivity index (χ1n) is 8.80. The average Bonchev–Trinajstić information content (AvgIpc) is 3.26. The van der Waals surface area contributed by atoms with Crippen LogP contribution in [0.4, 0.5) is 0 Å². The number of nitrogens with zero attached hydrogens (tertiary/aromatic N) is 4. The van der Waals surface area contributed by atoms with E-state index in [2.05, 4.69) is 50.0 Å². The highest BCUT2D eigenvalue weighted by molar-refractivity contribution is 5.79. The van der Waals surface area contributed by atoms with Gasteiger partial charge in [-0.2, -0.15) is 5.10 Å². The minimum absolute atomic E-state index is 0.694. The normalized spacial score (nSPS) is 11.3. The Morgan fingerprint density at radius 2 is 1.78 bits per heavy atom. The van der Waals surface area contributed by atoms with Crippen molar-refractivity contribution in [2.75, 3.05) is 20.7 Å². The van der Waals surface area contributed by atoms with Crippen molar-refractivity contribution in [3.63, 3.8) is 0 Å². The van der Waals surface area contributed by atoms with E-state index < -0.39 is 0 Å². The second-order valence-electron chi connectivity index (χ2n) is 5.96. The van der Waals surface area contributed by atoms with Gasteiger partial charge in [0.25, 0.3) is 0 Å². The predicted molar refractivity (Wildman–Crippen MR) is 106 cm³/mol. The van der Waals surface area contributed by atoms with Crippen LogP contribution >= 0.6 is 0 Å². The van der Waals surface area contributed by atoms with Crippen molar-refractivity contribution < 1.29 is 4.74 Å². The summed E-state index contributed by atoms with van der Waals surface area (Å²) in [5, 5.41) is 10.8. The smallest absolute Gasteiger partial charge is 0.191 e. The zero-order valence-corrected chi connectivity index (χ0v) is 15.6. The van der Waals surface area contributed by atoms with Crippen molar-refractivity contribution in [1.29, 1.82) is 0 Å². The Morgan fingerprint density at radius 3 is 2.41 bits per heavy atom. The van der Waals surface area contributed by atoms with Crippen LogP contribution in [0.2, 0.25) is 0 Å². The van der Waals surface area contributed by atoms with Crippen LogP contribution in [0, 0.1) is 0 Å². The van der Waals surface area contributed by atoms with E-state index in [-0.39, 0.29) is 0 Å². The van der Waals surface area contributed by atoms with Gasteiger partial charge in [-0.15, -0.1) is 0 Å². The summed E-state index contributed by atoms with van der Waals surface area (Å²) >= 11 is 0. The molecule has 0 saturated carbocycles. The second-order valence-corrected chi connectivity index (χ2v) is 5.96. The second kappa shape index (κ2) is 9.38. The van der Waals surface area contributed by atoms with Crippen LogP contribution in [0.25, 0.3) is 5.69 Å². The molecule has 0 radical (unpaired) electrons. The minimum atomic E-state index is 0.694. The lowest BCUT2D eigenvalue weighted by atomic mass is 10.1. The molecule has 1 aromatic heterocycles. The molecule has 7 heteroatoms. The maximum Gasteiger partial charge on any atom is 0.191 e. The molecular formula is C20H24N6O. The topological polar surface area (TPSA) is 76.4 Å². The number of hydrogen-bond donors (Lipinski definition) is 2. The first-order valence-corrected chi connectivity index (χ1v) is 8.80. The van der Waals surface area contributed by atoms with E-state index in [9.17, 15) is 0 Å². The van der Waals surface area contributed by atoms with E-state index in [0.717, 1.165) is 35.9 Å². The summed E-state index contributed by atoms with van der Waals surface area (Å²) in [5.74, 6) is 1.66. The van der Waals surface area contributed by atoms with Crippen LogP contribution in [0.1, 0.15) is 11.1 Å². The third kappa shape index (κ3) is 5.31. The molecule has 0 aliphatic carbocycles. The zero-order chi connectivity index (χ0) is 18.9.